The summed E-state index contributed by atoms with van der Waals surface area (Å²) in [6, 6.07) is 16.1. The summed E-state index contributed by atoms with van der Waals surface area (Å²) < 4.78 is 5.70. The monoisotopic (exact) mass is 340 g/mol. The summed E-state index contributed by atoms with van der Waals surface area (Å²) >= 11 is 0. The molecule has 130 valence electrons. The van der Waals surface area contributed by atoms with Crippen LogP contribution in [0.4, 0.5) is 0 Å². The second-order valence-corrected chi connectivity index (χ2v) is 5.59. The number of amides is 1. The lowest BCUT2D eigenvalue weighted by Crippen LogP contribution is -2.34. The van der Waals surface area contributed by atoms with Gasteiger partial charge in [0.05, 0.1) is 5.56 Å². The number of carbonyl (C=O) groups excluding carboxylic acids is 1. The predicted molar refractivity (Wildman–Crippen MR) is 91.6 cm³/mol. The van der Waals surface area contributed by atoms with Gasteiger partial charge in [-0.15, -0.1) is 0 Å². The van der Waals surface area contributed by atoms with Crippen LogP contribution in [-0.4, -0.2) is 28.8 Å². The van der Waals surface area contributed by atoms with Crippen LogP contribution in [0.2, 0.25) is 0 Å². The Kier molecular flexibility index (Phi) is 6.52. The van der Waals surface area contributed by atoms with Crippen molar-refractivity contribution in [3.05, 3.63) is 65.2 Å². The van der Waals surface area contributed by atoms with Crippen molar-refractivity contribution >= 4 is 5.91 Å². The molecule has 0 heterocycles. The lowest BCUT2D eigenvalue weighted by Gasteiger charge is -2.19. The molecule has 0 spiro atoms. The van der Waals surface area contributed by atoms with E-state index in [2.05, 4.69) is 5.32 Å². The van der Waals surface area contributed by atoms with Crippen molar-refractivity contribution in [1.82, 2.24) is 5.32 Å². The number of benzene rings is 2. The number of rotatable bonds is 7. The van der Waals surface area contributed by atoms with Crippen LogP contribution in [-0.2, 0) is 11.4 Å². The maximum atomic E-state index is 10.9. The highest BCUT2D eigenvalue weighted by Gasteiger charge is 2.20. The molecule has 25 heavy (non-hydrogen) atoms. The molecule has 0 aliphatic rings. The van der Waals surface area contributed by atoms with Gasteiger partial charge in [0.2, 0.25) is 5.91 Å². The van der Waals surface area contributed by atoms with Crippen molar-refractivity contribution in [3.63, 3.8) is 0 Å². The summed E-state index contributed by atoms with van der Waals surface area (Å²) in [5, 5.41) is 31.9. The summed E-state index contributed by atoms with van der Waals surface area (Å²) in [6.07, 6.45) is -2.38. The quantitative estimate of drug-likeness (QED) is 0.711. The number of hydrogen-bond donors (Lipinski definition) is 3. The van der Waals surface area contributed by atoms with Gasteiger partial charge in [0.25, 0.3) is 0 Å². The second-order valence-electron chi connectivity index (χ2n) is 5.59. The highest BCUT2D eigenvalue weighted by molar-refractivity contribution is 5.72. The van der Waals surface area contributed by atoms with E-state index < -0.39 is 12.2 Å². The molecule has 1 amide bonds. The summed E-state index contributed by atoms with van der Waals surface area (Å²) in [5.74, 6) is 0.0348. The molecular weight excluding hydrogens is 320 g/mol. The Hall–Kier alpha value is -2.88. The van der Waals surface area contributed by atoms with Gasteiger partial charge in [0.1, 0.15) is 30.6 Å². The van der Waals surface area contributed by atoms with Gasteiger partial charge < -0.3 is 20.3 Å². The zero-order valence-corrected chi connectivity index (χ0v) is 13.8. The zero-order chi connectivity index (χ0) is 18.2. The van der Waals surface area contributed by atoms with Crippen LogP contribution in [0, 0.1) is 11.3 Å². The van der Waals surface area contributed by atoms with E-state index in [1.165, 1.54) is 19.1 Å². The third-order valence-electron chi connectivity index (χ3n) is 3.63. The maximum Gasteiger partial charge on any atom is 0.216 e. The van der Waals surface area contributed by atoms with E-state index in [0.717, 1.165) is 5.56 Å². The fraction of sp³-hybridized carbons (Fsp3) is 0.263. The van der Waals surface area contributed by atoms with Gasteiger partial charge in [-0.05, 0) is 23.3 Å². The minimum Gasteiger partial charge on any atom is -0.488 e. The lowest BCUT2D eigenvalue weighted by atomic mass is 10.0. The van der Waals surface area contributed by atoms with Crippen molar-refractivity contribution in [1.29, 1.82) is 5.26 Å². The number of ether oxygens (including phenoxy) is 1. The van der Waals surface area contributed by atoms with E-state index in [1.54, 1.807) is 6.07 Å². The largest absolute Gasteiger partial charge is 0.488 e. The Morgan fingerprint density at radius 1 is 1.24 bits per heavy atom. The summed E-state index contributed by atoms with van der Waals surface area (Å²) in [6.45, 7) is 1.54. The first-order chi connectivity index (χ1) is 12.0. The Morgan fingerprint density at radius 2 is 1.96 bits per heavy atom. The van der Waals surface area contributed by atoms with Crippen LogP contribution in [0.15, 0.2) is 48.5 Å². The van der Waals surface area contributed by atoms with Crippen LogP contribution in [0.1, 0.15) is 29.7 Å². The first-order valence-electron chi connectivity index (χ1n) is 7.82. The van der Waals surface area contributed by atoms with E-state index in [0.29, 0.717) is 16.9 Å². The molecule has 6 nitrogen and oxygen atoms in total. The highest BCUT2D eigenvalue weighted by Crippen LogP contribution is 2.26. The molecule has 3 N–H and O–H groups in total. The normalized spacial score (nSPS) is 12.7. The van der Waals surface area contributed by atoms with Crippen molar-refractivity contribution in [3.8, 4) is 11.8 Å². The fourth-order valence-corrected chi connectivity index (χ4v) is 2.25. The third kappa shape index (κ3) is 5.31. The number of nitrogens with zero attached hydrogens (tertiary/aromatic N) is 1. The molecule has 2 rings (SSSR count). The molecule has 6 heteroatoms. The summed E-state index contributed by atoms with van der Waals surface area (Å²) in [5.41, 5.74) is 1.69. The van der Waals surface area contributed by atoms with Gasteiger partial charge in [0.15, 0.2) is 0 Å². The predicted octanol–water partition coefficient (Wildman–Crippen LogP) is 1.67. The van der Waals surface area contributed by atoms with E-state index in [9.17, 15) is 20.3 Å². The van der Waals surface area contributed by atoms with Crippen LogP contribution in [0.25, 0.3) is 0 Å². The molecule has 0 aliphatic heterocycles. The molecule has 2 aromatic carbocycles. The third-order valence-corrected chi connectivity index (χ3v) is 3.63. The van der Waals surface area contributed by atoms with Crippen molar-refractivity contribution in [2.75, 3.05) is 6.54 Å². The number of hydrogen-bond acceptors (Lipinski definition) is 5. The molecule has 2 atom stereocenters. The summed E-state index contributed by atoms with van der Waals surface area (Å²) in [4.78, 5) is 10.9. The average Bonchev–Trinajstić information content (AvgIpc) is 2.64. The number of nitriles is 1. The van der Waals surface area contributed by atoms with Crippen molar-refractivity contribution in [2.24, 2.45) is 0 Å². The second kappa shape index (κ2) is 8.83. The Labute approximate surface area is 146 Å². The summed E-state index contributed by atoms with van der Waals surface area (Å²) in [7, 11) is 0. The fourth-order valence-electron chi connectivity index (χ4n) is 2.25. The number of aliphatic hydroxyl groups is 2. The van der Waals surface area contributed by atoms with Crippen LogP contribution in [0.5, 0.6) is 5.75 Å². The van der Waals surface area contributed by atoms with Crippen LogP contribution >= 0.6 is 0 Å². The highest BCUT2D eigenvalue weighted by atomic mass is 16.5. The van der Waals surface area contributed by atoms with E-state index in [-0.39, 0.29) is 19.1 Å². The van der Waals surface area contributed by atoms with E-state index >= 15 is 0 Å². The molecule has 0 fully saturated rings. The number of aliphatic hydroxyl groups excluding tert-OH is 2. The first kappa shape index (κ1) is 18.5. The van der Waals surface area contributed by atoms with Gasteiger partial charge >= 0.3 is 0 Å². The maximum absolute atomic E-state index is 10.9. The zero-order valence-electron chi connectivity index (χ0n) is 13.8. The van der Waals surface area contributed by atoms with Crippen molar-refractivity contribution < 1.29 is 19.7 Å². The van der Waals surface area contributed by atoms with Crippen LogP contribution < -0.4 is 10.1 Å². The van der Waals surface area contributed by atoms with Gasteiger partial charge in [-0.3, -0.25) is 4.79 Å². The molecule has 0 saturated heterocycles. The average molecular weight is 340 g/mol. The smallest absolute Gasteiger partial charge is 0.216 e. The Bertz CT molecular complexity index is 756. The Morgan fingerprint density at radius 3 is 2.60 bits per heavy atom. The van der Waals surface area contributed by atoms with E-state index in [1.807, 2.05) is 36.4 Å². The molecule has 2 unspecified atom stereocenters. The standard InChI is InChI=1S/C19H20N2O4/c1-13(22)21-11-17(23)19(24)15-7-8-16(10-20)18(9-15)25-12-14-5-3-2-4-6-14/h2-9,17,19,23-24H,11-12H2,1H3,(H,21,22). The van der Waals surface area contributed by atoms with E-state index in [4.69, 9.17) is 4.74 Å². The molecule has 2 aromatic rings. The molecular formula is C19H20N2O4. The topological polar surface area (TPSA) is 103 Å². The first-order valence-corrected chi connectivity index (χ1v) is 7.82. The van der Waals surface area contributed by atoms with Crippen molar-refractivity contribution in [2.45, 2.75) is 25.7 Å². The van der Waals surface area contributed by atoms with Gasteiger partial charge in [-0.25, -0.2) is 0 Å². The molecule has 0 aromatic heterocycles. The lowest BCUT2D eigenvalue weighted by molar-refractivity contribution is -0.119. The van der Waals surface area contributed by atoms with Gasteiger partial charge in [-0.1, -0.05) is 36.4 Å². The van der Waals surface area contributed by atoms with Crippen LogP contribution in [0.3, 0.4) is 0 Å². The molecule has 0 bridgehead atoms. The minimum absolute atomic E-state index is 0.0727. The minimum atomic E-state index is -1.21. The SMILES string of the molecule is CC(=O)NCC(O)C(O)c1ccc(C#N)c(OCc2ccccc2)c1. The molecule has 0 aliphatic carbocycles. The number of nitrogens with one attached hydrogen (secondary N) is 1. The van der Waals surface area contributed by atoms with Gasteiger partial charge in [0, 0.05) is 13.5 Å². The molecule has 0 saturated carbocycles. The van der Waals surface area contributed by atoms with Gasteiger partial charge in [-0.2, -0.15) is 5.26 Å². The Balaban J connectivity index is 2.12. The molecule has 0 radical (unpaired) electrons. The number of carbonyl (C=O) groups is 1.